The van der Waals surface area contributed by atoms with Gasteiger partial charge < -0.3 is 10.8 Å². The van der Waals surface area contributed by atoms with Gasteiger partial charge in [0.05, 0.1) is 0 Å². The maximum absolute atomic E-state index is 9.04. The molecular formula is C8H17NO. The van der Waals surface area contributed by atoms with Crippen LogP contribution in [0.15, 0.2) is 0 Å². The van der Waals surface area contributed by atoms with Crippen LogP contribution in [0.2, 0.25) is 0 Å². The molecule has 0 saturated heterocycles. The lowest BCUT2D eigenvalue weighted by atomic mass is 9.82. The zero-order valence-corrected chi connectivity index (χ0v) is 6.59. The van der Waals surface area contributed by atoms with Gasteiger partial charge in [0.15, 0.2) is 0 Å². The molecule has 0 amide bonds. The molecule has 10 heavy (non-hydrogen) atoms. The fourth-order valence-corrected chi connectivity index (χ4v) is 1.63. The van der Waals surface area contributed by atoms with Gasteiger partial charge in [-0.05, 0) is 24.7 Å². The van der Waals surface area contributed by atoms with E-state index in [2.05, 4.69) is 6.92 Å². The highest BCUT2D eigenvalue weighted by molar-refractivity contribution is 4.72. The number of aliphatic hydroxyl groups excluding tert-OH is 1. The fraction of sp³-hybridized carbons (Fsp3) is 1.00. The molecule has 0 aromatic carbocycles. The molecule has 2 nitrogen and oxygen atoms in total. The Hall–Kier alpha value is -0.0800. The van der Waals surface area contributed by atoms with E-state index in [0.29, 0.717) is 5.92 Å². The van der Waals surface area contributed by atoms with Crippen LogP contribution in [0.25, 0.3) is 0 Å². The van der Waals surface area contributed by atoms with Gasteiger partial charge in [-0.25, -0.2) is 0 Å². The Morgan fingerprint density at radius 3 is 2.20 bits per heavy atom. The maximum atomic E-state index is 9.04. The molecular weight excluding hydrogens is 126 g/mol. The van der Waals surface area contributed by atoms with Gasteiger partial charge in [0.1, 0.15) is 6.23 Å². The van der Waals surface area contributed by atoms with E-state index in [1.807, 2.05) is 0 Å². The summed E-state index contributed by atoms with van der Waals surface area (Å²) >= 11 is 0. The van der Waals surface area contributed by atoms with Crippen LogP contribution in [0.1, 0.15) is 32.6 Å². The Bertz CT molecular complexity index is 95.4. The Morgan fingerprint density at radius 1 is 1.30 bits per heavy atom. The fourth-order valence-electron chi connectivity index (χ4n) is 1.63. The van der Waals surface area contributed by atoms with Crippen molar-refractivity contribution in [1.82, 2.24) is 0 Å². The van der Waals surface area contributed by atoms with Crippen molar-refractivity contribution in [3.8, 4) is 0 Å². The van der Waals surface area contributed by atoms with Crippen LogP contribution in [-0.4, -0.2) is 11.3 Å². The van der Waals surface area contributed by atoms with E-state index in [9.17, 15) is 0 Å². The van der Waals surface area contributed by atoms with Crippen molar-refractivity contribution in [2.45, 2.75) is 38.8 Å². The summed E-state index contributed by atoms with van der Waals surface area (Å²) in [6, 6.07) is 0. The van der Waals surface area contributed by atoms with E-state index in [-0.39, 0.29) is 0 Å². The topological polar surface area (TPSA) is 46.2 Å². The third-order valence-corrected chi connectivity index (χ3v) is 2.54. The summed E-state index contributed by atoms with van der Waals surface area (Å²) in [5.41, 5.74) is 5.37. The van der Waals surface area contributed by atoms with Crippen LogP contribution in [0.4, 0.5) is 0 Å². The quantitative estimate of drug-likeness (QED) is 0.540. The smallest absolute Gasteiger partial charge is 0.105 e. The molecule has 0 aromatic heterocycles. The minimum atomic E-state index is -0.576. The summed E-state index contributed by atoms with van der Waals surface area (Å²) < 4.78 is 0. The SMILES string of the molecule is CC1CCC(C(N)O)CC1. The summed E-state index contributed by atoms with van der Waals surface area (Å²) in [4.78, 5) is 0. The molecule has 0 aromatic rings. The Labute approximate surface area is 62.4 Å². The summed E-state index contributed by atoms with van der Waals surface area (Å²) in [6.07, 6.45) is 4.11. The van der Waals surface area contributed by atoms with Crippen molar-refractivity contribution in [3.05, 3.63) is 0 Å². The van der Waals surface area contributed by atoms with Crippen molar-refractivity contribution in [3.63, 3.8) is 0 Å². The number of aliphatic hydroxyl groups is 1. The molecule has 1 rings (SSSR count). The van der Waals surface area contributed by atoms with Crippen LogP contribution in [0.3, 0.4) is 0 Å². The van der Waals surface area contributed by atoms with E-state index >= 15 is 0 Å². The van der Waals surface area contributed by atoms with Crippen LogP contribution in [0.5, 0.6) is 0 Å². The lowest BCUT2D eigenvalue weighted by Gasteiger charge is -2.27. The molecule has 0 radical (unpaired) electrons. The monoisotopic (exact) mass is 143 g/mol. The van der Waals surface area contributed by atoms with Crippen LogP contribution >= 0.6 is 0 Å². The van der Waals surface area contributed by atoms with Crippen LogP contribution in [-0.2, 0) is 0 Å². The lowest BCUT2D eigenvalue weighted by Crippen LogP contribution is -2.32. The molecule has 1 aliphatic carbocycles. The van der Waals surface area contributed by atoms with Crippen molar-refractivity contribution < 1.29 is 5.11 Å². The molecule has 1 saturated carbocycles. The number of hydrogen-bond donors (Lipinski definition) is 2. The number of nitrogens with two attached hydrogens (primary N) is 1. The van der Waals surface area contributed by atoms with Gasteiger partial charge in [-0.15, -0.1) is 0 Å². The third-order valence-electron chi connectivity index (χ3n) is 2.54. The minimum absolute atomic E-state index is 0.371. The van der Waals surface area contributed by atoms with E-state index in [0.717, 1.165) is 18.8 Å². The molecule has 2 heteroatoms. The highest BCUT2D eigenvalue weighted by Crippen LogP contribution is 2.28. The van der Waals surface area contributed by atoms with E-state index in [1.54, 1.807) is 0 Å². The molecule has 60 valence electrons. The molecule has 1 fully saturated rings. The zero-order valence-electron chi connectivity index (χ0n) is 6.59. The lowest BCUT2D eigenvalue weighted by molar-refractivity contribution is 0.0812. The second kappa shape index (κ2) is 3.35. The first kappa shape index (κ1) is 8.02. The second-order valence-electron chi connectivity index (χ2n) is 3.51. The van der Waals surface area contributed by atoms with Crippen LogP contribution in [0, 0.1) is 11.8 Å². The van der Waals surface area contributed by atoms with E-state index < -0.39 is 6.23 Å². The highest BCUT2D eigenvalue weighted by Gasteiger charge is 2.21. The summed E-state index contributed by atoms with van der Waals surface area (Å²) in [5.74, 6) is 1.21. The summed E-state index contributed by atoms with van der Waals surface area (Å²) in [6.45, 7) is 2.26. The molecule has 0 spiro atoms. The largest absolute Gasteiger partial charge is 0.379 e. The number of hydrogen-bond acceptors (Lipinski definition) is 2. The molecule has 0 heterocycles. The maximum Gasteiger partial charge on any atom is 0.105 e. The van der Waals surface area contributed by atoms with E-state index in [1.165, 1.54) is 12.8 Å². The molecule has 1 atom stereocenters. The molecule has 1 unspecified atom stereocenters. The molecule has 3 N–H and O–H groups in total. The average Bonchev–Trinajstić information content (AvgIpc) is 1.88. The third kappa shape index (κ3) is 1.96. The van der Waals surface area contributed by atoms with Gasteiger partial charge in [-0.3, -0.25) is 0 Å². The predicted octanol–water partition coefficient (Wildman–Crippen LogP) is 1.09. The summed E-state index contributed by atoms with van der Waals surface area (Å²) in [5, 5.41) is 9.04. The van der Waals surface area contributed by atoms with Crippen molar-refractivity contribution in [2.24, 2.45) is 17.6 Å². The molecule has 0 aliphatic heterocycles. The zero-order chi connectivity index (χ0) is 7.56. The van der Waals surface area contributed by atoms with Crippen molar-refractivity contribution in [2.75, 3.05) is 0 Å². The first-order valence-electron chi connectivity index (χ1n) is 4.14. The first-order chi connectivity index (χ1) is 4.70. The number of rotatable bonds is 1. The van der Waals surface area contributed by atoms with Gasteiger partial charge in [-0.1, -0.05) is 19.8 Å². The molecule has 0 bridgehead atoms. The standard InChI is InChI=1S/C8H17NO/c1-6-2-4-7(5-3-6)8(9)10/h6-8,10H,2-5,9H2,1H3. The summed E-state index contributed by atoms with van der Waals surface area (Å²) in [7, 11) is 0. The van der Waals surface area contributed by atoms with Gasteiger partial charge in [-0.2, -0.15) is 0 Å². The highest BCUT2D eigenvalue weighted by atomic mass is 16.3. The van der Waals surface area contributed by atoms with Crippen molar-refractivity contribution in [1.29, 1.82) is 0 Å². The Morgan fingerprint density at radius 2 is 1.80 bits per heavy atom. The van der Waals surface area contributed by atoms with E-state index in [4.69, 9.17) is 10.8 Å². The average molecular weight is 143 g/mol. The van der Waals surface area contributed by atoms with Gasteiger partial charge in [0, 0.05) is 0 Å². The van der Waals surface area contributed by atoms with Crippen molar-refractivity contribution >= 4 is 0 Å². The predicted molar refractivity (Wildman–Crippen MR) is 41.3 cm³/mol. The molecule has 1 aliphatic rings. The minimum Gasteiger partial charge on any atom is -0.379 e. The van der Waals surface area contributed by atoms with Gasteiger partial charge in [0.25, 0.3) is 0 Å². The van der Waals surface area contributed by atoms with Gasteiger partial charge in [0.2, 0.25) is 0 Å². The normalized spacial score (nSPS) is 37.5. The van der Waals surface area contributed by atoms with Gasteiger partial charge >= 0.3 is 0 Å². The Balaban J connectivity index is 2.26. The Kier molecular flexibility index (Phi) is 2.69. The first-order valence-corrected chi connectivity index (χ1v) is 4.14. The van der Waals surface area contributed by atoms with Crippen LogP contribution < -0.4 is 5.73 Å². The second-order valence-corrected chi connectivity index (χ2v) is 3.51.